The van der Waals surface area contributed by atoms with Crippen LogP contribution in [0, 0.1) is 11.8 Å². The minimum Gasteiger partial charge on any atom is -0.496 e. The highest BCUT2D eigenvalue weighted by Crippen LogP contribution is 2.34. The van der Waals surface area contributed by atoms with E-state index in [-0.39, 0.29) is 6.04 Å². The summed E-state index contributed by atoms with van der Waals surface area (Å²) < 4.78 is 10.6. The molecule has 1 atom stereocenters. The number of hydrogen-bond donors (Lipinski definition) is 1. The van der Waals surface area contributed by atoms with E-state index in [4.69, 9.17) is 15.2 Å². The van der Waals surface area contributed by atoms with E-state index in [9.17, 15) is 0 Å². The van der Waals surface area contributed by atoms with Crippen LogP contribution in [-0.2, 0) is 0 Å². The predicted molar refractivity (Wildman–Crippen MR) is 69.2 cm³/mol. The molecule has 0 bridgehead atoms. The first-order valence-corrected chi connectivity index (χ1v) is 5.60. The summed E-state index contributed by atoms with van der Waals surface area (Å²) in [5.41, 5.74) is 7.07. The molecule has 0 aliphatic rings. The van der Waals surface area contributed by atoms with Crippen molar-refractivity contribution in [2.45, 2.75) is 25.8 Å². The van der Waals surface area contributed by atoms with Gasteiger partial charge in [-0.05, 0) is 25.5 Å². The van der Waals surface area contributed by atoms with Gasteiger partial charge in [0.15, 0.2) is 0 Å². The van der Waals surface area contributed by atoms with E-state index in [1.807, 2.05) is 25.1 Å². The van der Waals surface area contributed by atoms with Gasteiger partial charge in [0, 0.05) is 12.5 Å². The fourth-order valence-electron chi connectivity index (χ4n) is 1.74. The highest BCUT2D eigenvalue weighted by atomic mass is 16.5. The Balaban J connectivity index is 2.95. The largest absolute Gasteiger partial charge is 0.496 e. The van der Waals surface area contributed by atoms with Gasteiger partial charge in [0.25, 0.3) is 0 Å². The second-order valence-corrected chi connectivity index (χ2v) is 3.65. The van der Waals surface area contributed by atoms with Gasteiger partial charge in [-0.3, -0.25) is 0 Å². The zero-order valence-corrected chi connectivity index (χ0v) is 10.6. The number of methoxy groups -OCH3 is 2. The molecule has 1 rings (SSSR count). The summed E-state index contributed by atoms with van der Waals surface area (Å²) in [6, 6.07) is 5.55. The van der Waals surface area contributed by atoms with Crippen molar-refractivity contribution in [3.8, 4) is 23.3 Å². The van der Waals surface area contributed by atoms with Crippen LogP contribution in [-0.4, -0.2) is 14.2 Å². The van der Waals surface area contributed by atoms with Gasteiger partial charge < -0.3 is 15.2 Å². The normalized spacial score (nSPS) is 11.3. The first-order valence-electron chi connectivity index (χ1n) is 5.60. The maximum Gasteiger partial charge on any atom is 0.127 e. The molecule has 3 nitrogen and oxygen atoms in total. The average Bonchev–Trinajstić information content (AvgIpc) is 2.37. The maximum absolute atomic E-state index is 6.16. The molecule has 0 aliphatic heterocycles. The van der Waals surface area contributed by atoms with Gasteiger partial charge in [-0.2, -0.15) is 0 Å². The van der Waals surface area contributed by atoms with Gasteiger partial charge >= 0.3 is 0 Å². The molecule has 1 aromatic rings. The van der Waals surface area contributed by atoms with Crippen molar-refractivity contribution in [1.82, 2.24) is 0 Å². The number of nitrogens with two attached hydrogens (primary N) is 1. The highest BCUT2D eigenvalue weighted by Gasteiger charge is 2.16. The average molecular weight is 233 g/mol. The minimum atomic E-state index is -0.123. The van der Waals surface area contributed by atoms with Gasteiger partial charge in [0.05, 0.1) is 19.8 Å². The SMILES string of the molecule is CC#CCCC(N)c1c(OC)cccc1OC. The Hall–Kier alpha value is -1.66. The van der Waals surface area contributed by atoms with E-state index in [1.165, 1.54) is 0 Å². The Kier molecular flexibility index (Phi) is 5.38. The van der Waals surface area contributed by atoms with Gasteiger partial charge in [0.2, 0.25) is 0 Å². The van der Waals surface area contributed by atoms with Crippen LogP contribution in [0.25, 0.3) is 0 Å². The Labute approximate surface area is 103 Å². The van der Waals surface area contributed by atoms with Crippen LogP contribution in [0.4, 0.5) is 0 Å². The predicted octanol–water partition coefficient (Wildman–Crippen LogP) is 2.51. The Morgan fingerprint density at radius 1 is 1.24 bits per heavy atom. The number of rotatable bonds is 5. The summed E-state index contributed by atoms with van der Waals surface area (Å²) >= 11 is 0. The third-order valence-corrected chi connectivity index (χ3v) is 2.59. The summed E-state index contributed by atoms with van der Waals surface area (Å²) in [6.07, 6.45) is 1.57. The molecule has 0 saturated carbocycles. The number of benzene rings is 1. The standard InChI is InChI=1S/C14H19NO2/c1-4-5-6-8-11(15)14-12(16-2)9-7-10-13(14)17-3/h7,9-11H,6,8,15H2,1-3H3. The Bertz CT molecular complexity index is 396. The molecular weight excluding hydrogens is 214 g/mol. The van der Waals surface area contributed by atoms with Crippen molar-refractivity contribution in [3.63, 3.8) is 0 Å². The summed E-state index contributed by atoms with van der Waals surface area (Å²) in [4.78, 5) is 0. The van der Waals surface area contributed by atoms with Crippen molar-refractivity contribution >= 4 is 0 Å². The minimum absolute atomic E-state index is 0.123. The quantitative estimate of drug-likeness (QED) is 0.795. The molecule has 1 aromatic carbocycles. The molecular formula is C14H19NO2. The monoisotopic (exact) mass is 233 g/mol. The van der Waals surface area contributed by atoms with Crippen molar-refractivity contribution in [3.05, 3.63) is 23.8 Å². The lowest BCUT2D eigenvalue weighted by atomic mass is 10.0. The van der Waals surface area contributed by atoms with Crippen molar-refractivity contribution in [2.75, 3.05) is 14.2 Å². The fraction of sp³-hybridized carbons (Fsp3) is 0.429. The van der Waals surface area contributed by atoms with Crippen LogP contribution < -0.4 is 15.2 Å². The molecule has 92 valence electrons. The third kappa shape index (κ3) is 3.40. The first-order chi connectivity index (χ1) is 8.24. The molecule has 3 heteroatoms. The maximum atomic E-state index is 6.16. The van der Waals surface area contributed by atoms with Gasteiger partial charge in [-0.1, -0.05) is 6.07 Å². The molecule has 2 N–H and O–H groups in total. The molecule has 0 heterocycles. The topological polar surface area (TPSA) is 44.5 Å². The summed E-state index contributed by atoms with van der Waals surface area (Å²) in [5, 5.41) is 0. The lowest BCUT2D eigenvalue weighted by Crippen LogP contribution is -2.12. The first kappa shape index (κ1) is 13.4. The lowest BCUT2D eigenvalue weighted by molar-refractivity contribution is 0.377. The Morgan fingerprint density at radius 3 is 2.29 bits per heavy atom. The van der Waals surface area contributed by atoms with E-state index in [1.54, 1.807) is 14.2 Å². The van der Waals surface area contributed by atoms with Crippen molar-refractivity contribution in [1.29, 1.82) is 0 Å². The molecule has 0 aliphatic carbocycles. The highest BCUT2D eigenvalue weighted by molar-refractivity contribution is 5.46. The molecule has 0 saturated heterocycles. The lowest BCUT2D eigenvalue weighted by Gasteiger charge is -2.18. The molecule has 1 unspecified atom stereocenters. The Morgan fingerprint density at radius 2 is 1.82 bits per heavy atom. The second kappa shape index (κ2) is 6.82. The van der Waals surface area contributed by atoms with E-state index < -0.39 is 0 Å². The molecule has 0 fully saturated rings. The third-order valence-electron chi connectivity index (χ3n) is 2.59. The van der Waals surface area contributed by atoms with Crippen LogP contribution in [0.5, 0.6) is 11.5 Å². The zero-order chi connectivity index (χ0) is 12.7. The number of ether oxygens (including phenoxy) is 2. The van der Waals surface area contributed by atoms with Gasteiger partial charge in [-0.25, -0.2) is 0 Å². The smallest absolute Gasteiger partial charge is 0.127 e. The van der Waals surface area contributed by atoms with E-state index in [0.29, 0.717) is 0 Å². The zero-order valence-electron chi connectivity index (χ0n) is 10.6. The molecule has 17 heavy (non-hydrogen) atoms. The number of hydrogen-bond acceptors (Lipinski definition) is 3. The molecule has 0 spiro atoms. The van der Waals surface area contributed by atoms with Gasteiger partial charge in [-0.15, -0.1) is 11.8 Å². The second-order valence-electron chi connectivity index (χ2n) is 3.65. The molecule has 0 radical (unpaired) electrons. The van der Waals surface area contributed by atoms with Crippen LogP contribution in [0.2, 0.25) is 0 Å². The van der Waals surface area contributed by atoms with Crippen LogP contribution in [0.15, 0.2) is 18.2 Å². The fourth-order valence-corrected chi connectivity index (χ4v) is 1.74. The summed E-state index contributed by atoms with van der Waals surface area (Å²) in [5.74, 6) is 7.41. The van der Waals surface area contributed by atoms with Crippen LogP contribution >= 0.6 is 0 Å². The van der Waals surface area contributed by atoms with E-state index >= 15 is 0 Å². The van der Waals surface area contributed by atoms with Crippen LogP contribution in [0.3, 0.4) is 0 Å². The van der Waals surface area contributed by atoms with Crippen LogP contribution in [0.1, 0.15) is 31.4 Å². The van der Waals surface area contributed by atoms with Crippen molar-refractivity contribution < 1.29 is 9.47 Å². The van der Waals surface area contributed by atoms with E-state index in [0.717, 1.165) is 29.9 Å². The molecule has 0 amide bonds. The summed E-state index contributed by atoms with van der Waals surface area (Å²) in [7, 11) is 3.27. The summed E-state index contributed by atoms with van der Waals surface area (Å²) in [6.45, 7) is 1.83. The van der Waals surface area contributed by atoms with E-state index in [2.05, 4.69) is 11.8 Å². The van der Waals surface area contributed by atoms with Gasteiger partial charge in [0.1, 0.15) is 11.5 Å². The van der Waals surface area contributed by atoms with Crippen molar-refractivity contribution in [2.24, 2.45) is 5.73 Å². The molecule has 0 aromatic heterocycles.